The number of ether oxygens (including phenoxy) is 1. The van der Waals surface area contributed by atoms with Gasteiger partial charge in [-0.15, -0.1) is 25.2 Å². The highest BCUT2D eigenvalue weighted by molar-refractivity contribution is 5.60. The number of tetrazole rings is 1. The van der Waals surface area contributed by atoms with E-state index in [0.717, 1.165) is 29.8 Å². The summed E-state index contributed by atoms with van der Waals surface area (Å²) in [4.78, 5) is 1.53. The van der Waals surface area contributed by atoms with Crippen molar-refractivity contribution in [1.82, 2.24) is 30.4 Å². The molecule has 0 N–H and O–H groups in total. The van der Waals surface area contributed by atoms with Crippen LogP contribution < -0.4 is 4.74 Å². The van der Waals surface area contributed by atoms with E-state index in [0.29, 0.717) is 24.0 Å². The monoisotopic (exact) mass is 368 g/mol. The van der Waals surface area contributed by atoms with Crippen molar-refractivity contribution < 1.29 is 9.15 Å². The lowest BCUT2D eigenvalue weighted by atomic mass is 10.1. The van der Waals surface area contributed by atoms with Crippen LogP contribution >= 0.6 is 0 Å². The molecule has 0 aliphatic heterocycles. The summed E-state index contributed by atoms with van der Waals surface area (Å²) >= 11 is 0. The number of hydrogen-bond donors (Lipinski definition) is 0. The van der Waals surface area contributed by atoms with Crippen molar-refractivity contribution in [2.75, 3.05) is 7.11 Å². The molecular weight excluding hydrogens is 344 g/mol. The standard InChI is InChI=1S/C19H24N6O2/c1-5-17-20-24-25(23-17)15-10-11-16(26-4)14(12-15)8-6-7-9-18-21-22-19(27-18)13(2)3/h6,8,10-13H,5,7,9H2,1-4H3/b8-6+. The van der Waals surface area contributed by atoms with Gasteiger partial charge in [-0.25, -0.2) is 0 Å². The molecule has 0 spiro atoms. The third-order valence-electron chi connectivity index (χ3n) is 4.01. The summed E-state index contributed by atoms with van der Waals surface area (Å²) in [6, 6.07) is 5.78. The van der Waals surface area contributed by atoms with E-state index in [2.05, 4.69) is 31.7 Å². The summed E-state index contributed by atoms with van der Waals surface area (Å²) in [5.41, 5.74) is 1.78. The van der Waals surface area contributed by atoms with Gasteiger partial charge in [-0.2, -0.15) is 0 Å². The number of aromatic nitrogens is 6. The predicted octanol–water partition coefficient (Wildman–Crippen LogP) is 3.39. The zero-order valence-electron chi connectivity index (χ0n) is 16.1. The van der Waals surface area contributed by atoms with Gasteiger partial charge in [0.05, 0.1) is 12.8 Å². The van der Waals surface area contributed by atoms with E-state index in [1.54, 1.807) is 7.11 Å². The van der Waals surface area contributed by atoms with Crippen LogP contribution in [0.3, 0.4) is 0 Å². The van der Waals surface area contributed by atoms with Gasteiger partial charge in [-0.1, -0.05) is 32.9 Å². The Morgan fingerprint density at radius 2 is 2.07 bits per heavy atom. The van der Waals surface area contributed by atoms with Crippen molar-refractivity contribution in [2.24, 2.45) is 0 Å². The lowest BCUT2D eigenvalue weighted by molar-refractivity contribution is 0.413. The first-order valence-corrected chi connectivity index (χ1v) is 9.06. The normalized spacial score (nSPS) is 11.6. The molecule has 0 fully saturated rings. The van der Waals surface area contributed by atoms with E-state index < -0.39 is 0 Å². The van der Waals surface area contributed by atoms with Crippen LogP contribution in [0, 0.1) is 0 Å². The molecule has 3 rings (SSSR count). The maximum atomic E-state index is 5.62. The molecule has 0 amide bonds. The van der Waals surface area contributed by atoms with Crippen molar-refractivity contribution >= 4 is 6.08 Å². The minimum absolute atomic E-state index is 0.243. The van der Waals surface area contributed by atoms with Crippen LogP contribution in [-0.2, 0) is 12.8 Å². The van der Waals surface area contributed by atoms with E-state index >= 15 is 0 Å². The second kappa shape index (κ2) is 8.57. The molecule has 0 bridgehead atoms. The molecule has 3 aromatic rings. The smallest absolute Gasteiger partial charge is 0.219 e. The van der Waals surface area contributed by atoms with Crippen LogP contribution in [0.15, 0.2) is 28.7 Å². The zero-order valence-corrected chi connectivity index (χ0v) is 16.1. The second-order valence-corrected chi connectivity index (χ2v) is 6.40. The topological polar surface area (TPSA) is 91.8 Å². The first kappa shape index (κ1) is 18.8. The SMILES string of the molecule is CCc1nnn(-c2ccc(OC)c(/C=C/CCc3nnc(C(C)C)o3)c2)n1. The number of hydrogen-bond acceptors (Lipinski definition) is 7. The molecule has 0 saturated heterocycles. The van der Waals surface area contributed by atoms with Gasteiger partial charge in [0.2, 0.25) is 11.8 Å². The van der Waals surface area contributed by atoms with Crippen molar-refractivity contribution in [1.29, 1.82) is 0 Å². The Morgan fingerprint density at radius 1 is 1.22 bits per heavy atom. The maximum absolute atomic E-state index is 5.62. The van der Waals surface area contributed by atoms with Gasteiger partial charge in [-0.05, 0) is 29.8 Å². The number of aryl methyl sites for hydroxylation is 2. The molecule has 8 nitrogen and oxygen atoms in total. The van der Waals surface area contributed by atoms with Gasteiger partial charge in [-0.3, -0.25) is 0 Å². The minimum Gasteiger partial charge on any atom is -0.496 e. The summed E-state index contributed by atoms with van der Waals surface area (Å²) < 4.78 is 11.1. The number of rotatable bonds is 8. The molecule has 0 unspecified atom stereocenters. The maximum Gasteiger partial charge on any atom is 0.219 e. The highest BCUT2D eigenvalue weighted by Gasteiger charge is 2.09. The number of benzene rings is 1. The fraction of sp³-hybridized carbons (Fsp3) is 0.421. The first-order chi connectivity index (χ1) is 13.1. The molecule has 8 heteroatoms. The summed E-state index contributed by atoms with van der Waals surface area (Å²) in [5.74, 6) is 3.07. The lowest BCUT2D eigenvalue weighted by Crippen LogP contribution is -2.00. The molecular formula is C19H24N6O2. The number of nitrogens with zero attached hydrogens (tertiary/aromatic N) is 6. The van der Waals surface area contributed by atoms with Gasteiger partial charge in [0, 0.05) is 24.3 Å². The molecule has 27 heavy (non-hydrogen) atoms. The molecule has 2 aromatic heterocycles. The first-order valence-electron chi connectivity index (χ1n) is 9.06. The molecule has 0 saturated carbocycles. The Balaban J connectivity index is 1.70. The van der Waals surface area contributed by atoms with E-state index in [1.165, 1.54) is 4.80 Å². The van der Waals surface area contributed by atoms with Crippen molar-refractivity contribution in [3.8, 4) is 11.4 Å². The highest BCUT2D eigenvalue weighted by Crippen LogP contribution is 2.23. The largest absolute Gasteiger partial charge is 0.496 e. The van der Waals surface area contributed by atoms with Crippen LogP contribution in [0.4, 0.5) is 0 Å². The highest BCUT2D eigenvalue weighted by atomic mass is 16.5. The van der Waals surface area contributed by atoms with Gasteiger partial charge >= 0.3 is 0 Å². The molecule has 0 atom stereocenters. The second-order valence-electron chi connectivity index (χ2n) is 6.40. The van der Waals surface area contributed by atoms with Gasteiger partial charge < -0.3 is 9.15 Å². The predicted molar refractivity (Wildman–Crippen MR) is 101 cm³/mol. The Bertz CT molecular complexity index is 913. The third-order valence-corrected chi connectivity index (χ3v) is 4.01. The van der Waals surface area contributed by atoms with Gasteiger partial charge in [0.1, 0.15) is 5.75 Å². The Morgan fingerprint density at radius 3 is 2.74 bits per heavy atom. The number of methoxy groups -OCH3 is 1. The molecule has 0 aliphatic rings. The summed E-state index contributed by atoms with van der Waals surface area (Å²) in [5, 5.41) is 20.6. The quantitative estimate of drug-likeness (QED) is 0.602. The fourth-order valence-electron chi connectivity index (χ4n) is 2.49. The minimum atomic E-state index is 0.243. The van der Waals surface area contributed by atoms with E-state index in [1.807, 2.05) is 45.0 Å². The van der Waals surface area contributed by atoms with Crippen LogP contribution in [0.1, 0.15) is 56.3 Å². The summed E-state index contributed by atoms with van der Waals surface area (Å²) in [7, 11) is 1.65. The molecule has 1 aromatic carbocycles. The molecule has 0 aliphatic carbocycles. The van der Waals surface area contributed by atoms with Crippen LogP contribution in [0.25, 0.3) is 11.8 Å². The average Bonchev–Trinajstić information content (AvgIpc) is 3.34. The zero-order chi connectivity index (χ0) is 19.2. The van der Waals surface area contributed by atoms with Gasteiger partial charge in [0.15, 0.2) is 5.82 Å². The van der Waals surface area contributed by atoms with E-state index in [9.17, 15) is 0 Å². The molecule has 2 heterocycles. The molecule has 0 radical (unpaired) electrons. The van der Waals surface area contributed by atoms with Crippen LogP contribution in [-0.4, -0.2) is 37.5 Å². The number of allylic oxidation sites excluding steroid dienone is 1. The summed E-state index contributed by atoms with van der Waals surface area (Å²) in [6.07, 6.45) is 6.31. The van der Waals surface area contributed by atoms with Crippen LogP contribution in [0.5, 0.6) is 5.75 Å². The van der Waals surface area contributed by atoms with Gasteiger partial charge in [0.25, 0.3) is 0 Å². The van der Waals surface area contributed by atoms with Crippen molar-refractivity contribution in [2.45, 2.75) is 46.0 Å². The Hall–Kier alpha value is -3.03. The lowest BCUT2D eigenvalue weighted by Gasteiger charge is -2.07. The van der Waals surface area contributed by atoms with E-state index in [4.69, 9.17) is 9.15 Å². The fourth-order valence-corrected chi connectivity index (χ4v) is 2.49. The van der Waals surface area contributed by atoms with Crippen molar-refractivity contribution in [3.05, 3.63) is 47.4 Å². The summed E-state index contributed by atoms with van der Waals surface area (Å²) in [6.45, 7) is 6.06. The molecule has 142 valence electrons. The van der Waals surface area contributed by atoms with E-state index in [-0.39, 0.29) is 5.92 Å². The van der Waals surface area contributed by atoms with Crippen molar-refractivity contribution in [3.63, 3.8) is 0 Å². The third kappa shape index (κ3) is 4.58. The Kier molecular flexibility index (Phi) is 5.95. The van der Waals surface area contributed by atoms with Crippen LogP contribution in [0.2, 0.25) is 0 Å². The average molecular weight is 368 g/mol. The Labute approximate surface area is 158 Å².